The molecule has 1 unspecified atom stereocenters. The van der Waals surface area contributed by atoms with Gasteiger partial charge >= 0.3 is 5.97 Å². The molecule has 4 nitrogen and oxygen atoms in total. The maximum absolute atomic E-state index is 12.5. The van der Waals surface area contributed by atoms with Crippen molar-refractivity contribution in [1.29, 1.82) is 5.26 Å². The van der Waals surface area contributed by atoms with Crippen LogP contribution >= 0.6 is 0 Å². The van der Waals surface area contributed by atoms with Crippen molar-refractivity contribution < 1.29 is 14.3 Å². The Morgan fingerprint density at radius 3 is 2.12 bits per heavy atom. The molecule has 0 N–H and O–H groups in total. The summed E-state index contributed by atoms with van der Waals surface area (Å²) in [6.45, 7) is 7.95. The highest BCUT2D eigenvalue weighted by Crippen LogP contribution is 2.28. The Labute approximate surface area is 155 Å². The predicted octanol–water partition coefficient (Wildman–Crippen LogP) is 5.51. The molecule has 0 aromatic heterocycles. The molecule has 0 aliphatic rings. The van der Waals surface area contributed by atoms with Gasteiger partial charge in [0.2, 0.25) is 6.10 Å². The number of hydrogen-bond acceptors (Lipinski definition) is 4. The summed E-state index contributed by atoms with van der Waals surface area (Å²) >= 11 is 0. The second kappa shape index (κ2) is 9.05. The van der Waals surface area contributed by atoms with Crippen molar-refractivity contribution in [3.63, 3.8) is 0 Å². The van der Waals surface area contributed by atoms with Crippen molar-refractivity contribution in [1.82, 2.24) is 0 Å². The predicted molar refractivity (Wildman–Crippen MR) is 101 cm³/mol. The maximum Gasteiger partial charge on any atom is 0.311 e. The number of hydrogen-bond donors (Lipinski definition) is 0. The van der Waals surface area contributed by atoms with Crippen molar-refractivity contribution in [3.8, 4) is 17.6 Å². The molecule has 2 rings (SSSR count). The van der Waals surface area contributed by atoms with Gasteiger partial charge in [-0.1, -0.05) is 58.0 Å². The molecular weight excluding hydrogens is 326 g/mol. The summed E-state index contributed by atoms with van der Waals surface area (Å²) in [5, 5.41) is 9.50. The fraction of sp³-hybridized carbons (Fsp3) is 0.364. The van der Waals surface area contributed by atoms with Crippen molar-refractivity contribution in [3.05, 3.63) is 60.2 Å². The Morgan fingerprint density at radius 1 is 0.923 bits per heavy atom. The van der Waals surface area contributed by atoms with Crippen LogP contribution in [0.25, 0.3) is 0 Å². The van der Waals surface area contributed by atoms with E-state index in [1.165, 1.54) is 0 Å². The number of nitriles is 1. The molecule has 0 spiro atoms. The average Bonchev–Trinajstić information content (AvgIpc) is 2.60. The molecule has 2 aromatic carbocycles. The van der Waals surface area contributed by atoms with Crippen LogP contribution in [0.3, 0.4) is 0 Å². The Morgan fingerprint density at radius 2 is 1.54 bits per heavy atom. The van der Waals surface area contributed by atoms with Crippen molar-refractivity contribution in [2.45, 2.75) is 33.8 Å². The average molecular weight is 351 g/mol. The summed E-state index contributed by atoms with van der Waals surface area (Å²) in [7, 11) is 0. The van der Waals surface area contributed by atoms with Gasteiger partial charge < -0.3 is 9.47 Å². The van der Waals surface area contributed by atoms with Gasteiger partial charge in [-0.15, -0.1) is 0 Å². The zero-order chi connectivity index (χ0) is 19.1. The van der Waals surface area contributed by atoms with Crippen LogP contribution < -0.4 is 4.74 Å². The molecule has 0 aliphatic heterocycles. The molecule has 0 radical (unpaired) electrons. The van der Waals surface area contributed by atoms with Gasteiger partial charge in [0.15, 0.2) is 0 Å². The Balaban J connectivity index is 2.16. The van der Waals surface area contributed by atoms with Crippen molar-refractivity contribution >= 4 is 5.97 Å². The zero-order valence-corrected chi connectivity index (χ0v) is 15.7. The van der Waals surface area contributed by atoms with E-state index in [0.29, 0.717) is 17.1 Å². The normalized spacial score (nSPS) is 12.1. The van der Waals surface area contributed by atoms with Crippen LogP contribution in [0.2, 0.25) is 0 Å². The molecule has 0 saturated heterocycles. The number of carbonyl (C=O) groups excluding carboxylic acids is 1. The fourth-order valence-corrected chi connectivity index (χ4v) is 3.04. The van der Waals surface area contributed by atoms with Crippen molar-refractivity contribution in [2.24, 2.45) is 17.8 Å². The lowest BCUT2D eigenvalue weighted by Crippen LogP contribution is -2.28. The summed E-state index contributed by atoms with van der Waals surface area (Å²) in [5.74, 6) is 1.01. The quantitative estimate of drug-likeness (QED) is 0.617. The highest BCUT2D eigenvalue weighted by atomic mass is 16.5. The number of carbonyl (C=O) groups is 1. The lowest BCUT2D eigenvalue weighted by Gasteiger charge is -2.24. The molecule has 136 valence electrons. The van der Waals surface area contributed by atoms with Crippen LogP contribution in [0.4, 0.5) is 0 Å². The van der Waals surface area contributed by atoms with E-state index in [4.69, 9.17) is 9.47 Å². The molecule has 0 fully saturated rings. The van der Waals surface area contributed by atoms with Gasteiger partial charge in [0, 0.05) is 5.56 Å². The fourth-order valence-electron chi connectivity index (χ4n) is 3.04. The summed E-state index contributed by atoms with van der Waals surface area (Å²) in [5.41, 5.74) is 0.598. The molecule has 0 saturated carbocycles. The van der Waals surface area contributed by atoms with Crippen LogP contribution in [-0.4, -0.2) is 5.97 Å². The lowest BCUT2D eigenvalue weighted by molar-refractivity contribution is -0.155. The molecule has 26 heavy (non-hydrogen) atoms. The first kappa shape index (κ1) is 19.5. The minimum atomic E-state index is -0.957. The number of benzene rings is 2. The standard InChI is InChI=1S/C22H25NO3/c1-15(2)21(16(3)4)22(24)26-20(14-23)17-9-8-12-19(13-17)25-18-10-6-5-7-11-18/h5-13,15-16,20-21H,1-4H3. The number of rotatable bonds is 7. The SMILES string of the molecule is CC(C)C(C(=O)OC(C#N)c1cccc(Oc2ccccc2)c1)C(C)C. The third-order valence-corrected chi connectivity index (χ3v) is 4.20. The lowest BCUT2D eigenvalue weighted by atomic mass is 9.85. The second-order valence-corrected chi connectivity index (χ2v) is 6.95. The highest BCUT2D eigenvalue weighted by Gasteiger charge is 2.29. The third-order valence-electron chi connectivity index (χ3n) is 4.20. The van der Waals surface area contributed by atoms with Crippen LogP contribution in [0, 0.1) is 29.1 Å². The van der Waals surface area contributed by atoms with E-state index in [9.17, 15) is 10.1 Å². The van der Waals surface area contributed by atoms with Gasteiger partial charge in [0.05, 0.1) is 5.92 Å². The topological polar surface area (TPSA) is 59.3 Å². The first-order chi connectivity index (χ1) is 12.4. The molecule has 4 heteroatoms. The number of esters is 1. The van der Waals surface area contributed by atoms with E-state index in [0.717, 1.165) is 0 Å². The van der Waals surface area contributed by atoms with Crippen molar-refractivity contribution in [2.75, 3.05) is 0 Å². The molecule has 0 heterocycles. The highest BCUT2D eigenvalue weighted by molar-refractivity contribution is 5.73. The van der Waals surface area contributed by atoms with Crippen LogP contribution in [0.1, 0.15) is 39.4 Å². The minimum absolute atomic E-state index is 0.148. The molecule has 0 bridgehead atoms. The summed E-state index contributed by atoms with van der Waals surface area (Å²) < 4.78 is 11.3. The summed E-state index contributed by atoms with van der Waals surface area (Å²) in [6, 6.07) is 18.5. The van der Waals surface area contributed by atoms with Gasteiger partial charge in [-0.05, 0) is 36.1 Å². The number of para-hydroxylation sites is 1. The monoisotopic (exact) mass is 351 g/mol. The Hall–Kier alpha value is -2.80. The van der Waals surface area contributed by atoms with Gasteiger partial charge in [0.25, 0.3) is 0 Å². The molecule has 1 atom stereocenters. The van der Waals surface area contributed by atoms with E-state index < -0.39 is 6.10 Å². The largest absolute Gasteiger partial charge is 0.457 e. The van der Waals surface area contributed by atoms with Crippen LogP contribution in [0.15, 0.2) is 54.6 Å². The first-order valence-electron chi connectivity index (χ1n) is 8.85. The van der Waals surface area contributed by atoms with E-state index >= 15 is 0 Å². The van der Waals surface area contributed by atoms with Gasteiger partial charge in [-0.2, -0.15) is 5.26 Å². The Bertz CT molecular complexity index is 754. The Kier molecular flexibility index (Phi) is 6.80. The van der Waals surface area contributed by atoms with E-state index in [-0.39, 0.29) is 23.7 Å². The smallest absolute Gasteiger partial charge is 0.311 e. The van der Waals surface area contributed by atoms with Crippen LogP contribution in [-0.2, 0) is 9.53 Å². The van der Waals surface area contributed by atoms with E-state index in [2.05, 4.69) is 6.07 Å². The van der Waals surface area contributed by atoms with E-state index in [1.54, 1.807) is 24.3 Å². The summed E-state index contributed by atoms with van der Waals surface area (Å²) in [6.07, 6.45) is -0.957. The van der Waals surface area contributed by atoms with E-state index in [1.807, 2.05) is 58.0 Å². The summed E-state index contributed by atoms with van der Waals surface area (Å²) in [4.78, 5) is 12.5. The second-order valence-electron chi connectivity index (χ2n) is 6.95. The minimum Gasteiger partial charge on any atom is -0.457 e. The van der Waals surface area contributed by atoms with Crippen LogP contribution in [0.5, 0.6) is 11.5 Å². The van der Waals surface area contributed by atoms with Gasteiger partial charge in [-0.25, -0.2) is 0 Å². The molecular formula is C22H25NO3. The first-order valence-corrected chi connectivity index (χ1v) is 8.85. The third kappa shape index (κ3) is 5.10. The number of ether oxygens (including phenoxy) is 2. The maximum atomic E-state index is 12.5. The molecule has 2 aromatic rings. The number of nitrogens with zero attached hydrogens (tertiary/aromatic N) is 1. The van der Waals surface area contributed by atoms with Gasteiger partial charge in [-0.3, -0.25) is 4.79 Å². The van der Waals surface area contributed by atoms with Gasteiger partial charge in [0.1, 0.15) is 17.6 Å². The molecule has 0 amide bonds. The zero-order valence-electron chi connectivity index (χ0n) is 15.7. The molecule has 0 aliphatic carbocycles.